The first kappa shape index (κ1) is 17.0. The number of nitrogens with one attached hydrogen (secondary N) is 1. The summed E-state index contributed by atoms with van der Waals surface area (Å²) in [5.41, 5.74) is 1.07. The molecule has 1 aliphatic carbocycles. The van der Waals surface area contributed by atoms with Gasteiger partial charge in [0.05, 0.1) is 0 Å². The second kappa shape index (κ2) is 8.83. The first-order chi connectivity index (χ1) is 11.8. The fourth-order valence-corrected chi connectivity index (χ4v) is 3.88. The van der Waals surface area contributed by atoms with Crippen molar-refractivity contribution in [1.29, 1.82) is 0 Å². The van der Waals surface area contributed by atoms with E-state index in [2.05, 4.69) is 27.8 Å². The van der Waals surface area contributed by atoms with Gasteiger partial charge < -0.3 is 10.2 Å². The van der Waals surface area contributed by atoms with Crippen molar-refractivity contribution in [2.24, 2.45) is 0 Å². The van der Waals surface area contributed by atoms with E-state index >= 15 is 0 Å². The van der Waals surface area contributed by atoms with Crippen LogP contribution in [0, 0.1) is 0 Å². The van der Waals surface area contributed by atoms with Gasteiger partial charge in [-0.2, -0.15) is 0 Å². The third-order valence-corrected chi connectivity index (χ3v) is 5.46. The van der Waals surface area contributed by atoms with Gasteiger partial charge in [0.15, 0.2) is 0 Å². The molecule has 0 aliphatic heterocycles. The number of nitrogens with zero attached hydrogens (tertiary/aromatic N) is 2. The van der Waals surface area contributed by atoms with Crippen LogP contribution in [0.4, 0.5) is 4.79 Å². The number of aromatic nitrogens is 1. The molecule has 2 amide bonds. The van der Waals surface area contributed by atoms with E-state index < -0.39 is 0 Å². The average molecular weight is 343 g/mol. The molecule has 5 heteroatoms. The Balaban J connectivity index is 1.61. The SMILES string of the molecule is O=C(NC1CCCCC1)N(CCc1cccs1)Cc1cccnc1. The first-order valence-corrected chi connectivity index (χ1v) is 9.66. The Kier molecular flexibility index (Phi) is 6.24. The minimum Gasteiger partial charge on any atom is -0.335 e. The summed E-state index contributed by atoms with van der Waals surface area (Å²) in [7, 11) is 0. The number of hydrogen-bond acceptors (Lipinski definition) is 3. The molecule has 128 valence electrons. The van der Waals surface area contributed by atoms with Crippen molar-refractivity contribution in [1.82, 2.24) is 15.2 Å². The summed E-state index contributed by atoms with van der Waals surface area (Å²) in [6.45, 7) is 1.34. The zero-order chi connectivity index (χ0) is 16.6. The van der Waals surface area contributed by atoms with Gasteiger partial charge in [0, 0.05) is 36.4 Å². The van der Waals surface area contributed by atoms with E-state index in [9.17, 15) is 4.79 Å². The number of hydrogen-bond donors (Lipinski definition) is 1. The standard InChI is InChI=1S/C19H25N3OS/c23-19(21-17-7-2-1-3-8-17)22(12-10-18-9-5-13-24-18)15-16-6-4-11-20-14-16/h4-6,9,11,13-14,17H,1-3,7-8,10,12,15H2,(H,21,23). The summed E-state index contributed by atoms with van der Waals surface area (Å²) < 4.78 is 0. The lowest BCUT2D eigenvalue weighted by Gasteiger charge is -2.28. The van der Waals surface area contributed by atoms with Gasteiger partial charge >= 0.3 is 6.03 Å². The molecule has 0 spiro atoms. The summed E-state index contributed by atoms with van der Waals surface area (Å²) in [5, 5.41) is 5.33. The molecule has 24 heavy (non-hydrogen) atoms. The van der Waals surface area contributed by atoms with Crippen molar-refractivity contribution in [2.45, 2.75) is 51.1 Å². The fourth-order valence-electron chi connectivity index (χ4n) is 3.18. The molecule has 1 N–H and O–H groups in total. The number of pyridine rings is 1. The zero-order valence-corrected chi connectivity index (χ0v) is 14.8. The van der Waals surface area contributed by atoms with Gasteiger partial charge in [-0.3, -0.25) is 4.98 Å². The lowest BCUT2D eigenvalue weighted by molar-refractivity contribution is 0.188. The molecule has 0 atom stereocenters. The summed E-state index contributed by atoms with van der Waals surface area (Å²) in [6, 6.07) is 8.54. The number of carbonyl (C=O) groups excluding carboxylic acids is 1. The highest BCUT2D eigenvalue weighted by atomic mass is 32.1. The molecule has 0 unspecified atom stereocenters. The smallest absolute Gasteiger partial charge is 0.317 e. The monoisotopic (exact) mass is 343 g/mol. The predicted octanol–water partition coefficient (Wildman–Crippen LogP) is 4.23. The number of urea groups is 1. The van der Waals surface area contributed by atoms with Gasteiger partial charge in [0.25, 0.3) is 0 Å². The Labute approximate surface area is 147 Å². The summed E-state index contributed by atoms with van der Waals surface area (Å²) in [5.74, 6) is 0. The van der Waals surface area contributed by atoms with E-state index in [1.54, 1.807) is 17.5 Å². The number of thiophene rings is 1. The van der Waals surface area contributed by atoms with Gasteiger partial charge in [-0.25, -0.2) is 4.79 Å². The van der Waals surface area contributed by atoms with Crippen molar-refractivity contribution in [2.75, 3.05) is 6.54 Å². The Morgan fingerprint density at radius 3 is 2.83 bits per heavy atom. The number of carbonyl (C=O) groups is 1. The molecule has 0 saturated heterocycles. The highest BCUT2D eigenvalue weighted by Gasteiger charge is 2.20. The second-order valence-corrected chi connectivity index (χ2v) is 7.43. The van der Waals surface area contributed by atoms with E-state index in [4.69, 9.17) is 0 Å². The maximum absolute atomic E-state index is 12.8. The quantitative estimate of drug-likeness (QED) is 0.853. The van der Waals surface area contributed by atoms with Gasteiger partial charge in [0.2, 0.25) is 0 Å². The van der Waals surface area contributed by atoms with Crippen LogP contribution in [-0.2, 0) is 13.0 Å². The van der Waals surface area contributed by atoms with Crippen LogP contribution in [-0.4, -0.2) is 28.5 Å². The predicted molar refractivity (Wildman–Crippen MR) is 98.1 cm³/mol. The molecular weight excluding hydrogens is 318 g/mol. The van der Waals surface area contributed by atoms with Crippen LogP contribution in [0.15, 0.2) is 42.0 Å². The topological polar surface area (TPSA) is 45.2 Å². The minimum absolute atomic E-state index is 0.0577. The fraction of sp³-hybridized carbons (Fsp3) is 0.474. The van der Waals surface area contributed by atoms with Crippen molar-refractivity contribution >= 4 is 17.4 Å². The van der Waals surface area contributed by atoms with Crippen LogP contribution in [0.5, 0.6) is 0 Å². The number of rotatable bonds is 6. The molecule has 0 radical (unpaired) electrons. The first-order valence-electron chi connectivity index (χ1n) is 8.78. The normalized spacial score (nSPS) is 15.2. The third kappa shape index (κ3) is 5.06. The average Bonchev–Trinajstić information content (AvgIpc) is 3.14. The molecule has 2 aromatic heterocycles. The lowest BCUT2D eigenvalue weighted by Crippen LogP contribution is -2.45. The van der Waals surface area contributed by atoms with E-state index in [0.29, 0.717) is 12.6 Å². The molecule has 1 saturated carbocycles. The Bertz CT molecular complexity index is 609. The maximum Gasteiger partial charge on any atom is 0.317 e. The molecule has 0 bridgehead atoms. The molecule has 2 aromatic rings. The Morgan fingerprint density at radius 1 is 1.25 bits per heavy atom. The van der Waals surface area contributed by atoms with Crippen LogP contribution in [0.3, 0.4) is 0 Å². The van der Waals surface area contributed by atoms with Crippen molar-refractivity contribution in [3.8, 4) is 0 Å². The highest BCUT2D eigenvalue weighted by Crippen LogP contribution is 2.18. The Morgan fingerprint density at radius 2 is 2.12 bits per heavy atom. The van der Waals surface area contributed by atoms with Gasteiger partial charge in [0.1, 0.15) is 0 Å². The van der Waals surface area contributed by atoms with Gasteiger partial charge in [-0.05, 0) is 42.3 Å². The summed E-state index contributed by atoms with van der Waals surface area (Å²) in [6.07, 6.45) is 10.5. The van der Waals surface area contributed by atoms with Crippen molar-refractivity contribution < 1.29 is 4.79 Å². The molecule has 3 rings (SSSR count). The minimum atomic E-state index is 0.0577. The van der Waals surface area contributed by atoms with Crippen LogP contribution < -0.4 is 5.32 Å². The van der Waals surface area contributed by atoms with Crippen molar-refractivity contribution in [3.63, 3.8) is 0 Å². The van der Waals surface area contributed by atoms with Gasteiger partial charge in [-0.15, -0.1) is 11.3 Å². The van der Waals surface area contributed by atoms with E-state index in [1.165, 1.54) is 24.1 Å². The van der Waals surface area contributed by atoms with E-state index in [1.807, 2.05) is 23.2 Å². The second-order valence-electron chi connectivity index (χ2n) is 6.40. The lowest BCUT2D eigenvalue weighted by atomic mass is 9.96. The van der Waals surface area contributed by atoms with E-state index in [0.717, 1.165) is 31.4 Å². The highest BCUT2D eigenvalue weighted by molar-refractivity contribution is 7.09. The van der Waals surface area contributed by atoms with Crippen LogP contribution >= 0.6 is 11.3 Å². The molecular formula is C19H25N3OS. The molecule has 4 nitrogen and oxygen atoms in total. The molecule has 0 aromatic carbocycles. The van der Waals surface area contributed by atoms with Crippen LogP contribution in [0.2, 0.25) is 0 Å². The third-order valence-electron chi connectivity index (χ3n) is 4.52. The molecule has 1 aliphatic rings. The summed E-state index contributed by atoms with van der Waals surface area (Å²) in [4.78, 5) is 20.2. The number of amides is 2. The molecule has 2 heterocycles. The Hall–Kier alpha value is -1.88. The zero-order valence-electron chi connectivity index (χ0n) is 14.0. The summed E-state index contributed by atoms with van der Waals surface area (Å²) >= 11 is 1.75. The largest absolute Gasteiger partial charge is 0.335 e. The van der Waals surface area contributed by atoms with Gasteiger partial charge in [-0.1, -0.05) is 31.4 Å². The van der Waals surface area contributed by atoms with Crippen LogP contribution in [0.1, 0.15) is 42.5 Å². The molecule has 1 fully saturated rings. The van der Waals surface area contributed by atoms with E-state index in [-0.39, 0.29) is 6.03 Å². The van der Waals surface area contributed by atoms with Crippen molar-refractivity contribution in [3.05, 3.63) is 52.5 Å². The van der Waals surface area contributed by atoms with Crippen LogP contribution in [0.25, 0.3) is 0 Å². The maximum atomic E-state index is 12.8.